The second-order valence-corrected chi connectivity index (χ2v) is 6.52. The van der Waals surface area contributed by atoms with Crippen molar-refractivity contribution in [2.45, 2.75) is 13.8 Å². The molecule has 1 aliphatic rings. The number of hydrogen-bond acceptors (Lipinski definition) is 9. The minimum atomic E-state index is -0.636. The van der Waals surface area contributed by atoms with E-state index < -0.39 is 28.7 Å². The molecule has 0 spiro atoms. The van der Waals surface area contributed by atoms with E-state index in [2.05, 4.69) is 5.32 Å². The highest BCUT2D eigenvalue weighted by molar-refractivity contribution is 6.21. The van der Waals surface area contributed by atoms with E-state index in [0.717, 1.165) is 11.0 Å². The summed E-state index contributed by atoms with van der Waals surface area (Å²) < 4.78 is 10.0. The molecule has 160 valence electrons. The van der Waals surface area contributed by atoms with Crippen LogP contribution in [0.3, 0.4) is 0 Å². The van der Waals surface area contributed by atoms with Crippen LogP contribution in [0, 0.1) is 10.1 Å². The third-order valence-corrected chi connectivity index (χ3v) is 4.28. The number of imide groups is 1. The van der Waals surface area contributed by atoms with Crippen LogP contribution < -0.4 is 14.8 Å². The van der Waals surface area contributed by atoms with Crippen LogP contribution in [0.1, 0.15) is 34.6 Å². The van der Waals surface area contributed by atoms with Crippen molar-refractivity contribution in [2.75, 3.05) is 18.4 Å². The summed E-state index contributed by atoms with van der Waals surface area (Å²) in [6, 6.07) is 7.96. The molecule has 31 heavy (non-hydrogen) atoms. The van der Waals surface area contributed by atoms with Crippen LogP contribution in [0.25, 0.3) is 0 Å². The van der Waals surface area contributed by atoms with Gasteiger partial charge in [0, 0.05) is 50.8 Å². The fourth-order valence-electron chi connectivity index (χ4n) is 3.00. The molecule has 11 nitrogen and oxygen atoms in total. The predicted molar refractivity (Wildman–Crippen MR) is 106 cm³/mol. The number of carbonyl (C=O) groups is 4. The number of esters is 2. The molecule has 2 amide bonds. The fourth-order valence-corrected chi connectivity index (χ4v) is 3.00. The molecule has 1 N–H and O–H groups in total. The molecule has 1 aliphatic heterocycles. The summed E-state index contributed by atoms with van der Waals surface area (Å²) in [4.78, 5) is 58.7. The maximum atomic E-state index is 12.5. The molecule has 11 heteroatoms. The van der Waals surface area contributed by atoms with Crippen LogP contribution in [0.15, 0.2) is 36.4 Å². The lowest BCUT2D eigenvalue weighted by Gasteiger charge is -2.16. The highest BCUT2D eigenvalue weighted by Gasteiger charge is 2.36. The summed E-state index contributed by atoms with van der Waals surface area (Å²) in [6.07, 6.45) is 0. The third-order valence-electron chi connectivity index (χ3n) is 4.28. The molecule has 0 radical (unpaired) electrons. The van der Waals surface area contributed by atoms with Crippen molar-refractivity contribution in [3.05, 3.63) is 57.6 Å². The number of hydrogen-bond donors (Lipinski definition) is 1. The Balaban J connectivity index is 1.69. The predicted octanol–water partition coefficient (Wildman–Crippen LogP) is 2.15. The minimum Gasteiger partial charge on any atom is -0.423 e. The summed E-state index contributed by atoms with van der Waals surface area (Å²) >= 11 is 0. The highest BCUT2D eigenvalue weighted by atomic mass is 16.6. The van der Waals surface area contributed by atoms with Crippen molar-refractivity contribution < 1.29 is 33.6 Å². The van der Waals surface area contributed by atoms with Crippen LogP contribution in [-0.2, 0) is 9.59 Å². The molecule has 0 fully saturated rings. The van der Waals surface area contributed by atoms with Gasteiger partial charge in [0.1, 0.15) is 0 Å². The summed E-state index contributed by atoms with van der Waals surface area (Å²) in [5.41, 5.74) is 0.311. The number of ether oxygens (including phenoxy) is 2. The first-order valence-corrected chi connectivity index (χ1v) is 9.06. The monoisotopic (exact) mass is 427 g/mol. The zero-order valence-corrected chi connectivity index (χ0v) is 16.5. The molecule has 0 aliphatic carbocycles. The van der Waals surface area contributed by atoms with Gasteiger partial charge in [-0.05, 0) is 18.2 Å². The molecule has 0 bridgehead atoms. The molecule has 2 aromatic carbocycles. The van der Waals surface area contributed by atoms with E-state index in [1.54, 1.807) is 6.07 Å². The van der Waals surface area contributed by atoms with Gasteiger partial charge in [-0.3, -0.25) is 34.2 Å². The minimum absolute atomic E-state index is 0.00522. The molecule has 1 heterocycles. The average Bonchev–Trinajstić information content (AvgIpc) is 2.93. The molecular formula is C20H17N3O8. The molecule has 0 atom stereocenters. The zero-order chi connectivity index (χ0) is 22.7. The summed E-state index contributed by atoms with van der Waals surface area (Å²) in [6.45, 7) is 2.55. The number of rotatable bonds is 7. The smallest absolute Gasteiger partial charge is 0.308 e. The van der Waals surface area contributed by atoms with Crippen molar-refractivity contribution >= 4 is 35.1 Å². The Kier molecular flexibility index (Phi) is 5.95. The van der Waals surface area contributed by atoms with Crippen molar-refractivity contribution in [3.63, 3.8) is 0 Å². The fraction of sp³-hybridized carbons (Fsp3) is 0.200. The number of nitro groups is 1. The molecule has 3 rings (SSSR count). The highest BCUT2D eigenvalue weighted by Crippen LogP contribution is 2.31. The van der Waals surface area contributed by atoms with Crippen molar-refractivity contribution in [2.24, 2.45) is 0 Å². The number of anilines is 1. The van der Waals surface area contributed by atoms with Gasteiger partial charge in [0.05, 0.1) is 16.1 Å². The SMILES string of the molecule is CC(=O)Oc1ccc(NCCN2C(=O)c3ccc([N+](=O)[O-])cc3C2=O)cc1OC(C)=O. The molecule has 0 saturated heterocycles. The Morgan fingerprint density at radius 3 is 2.26 bits per heavy atom. The maximum absolute atomic E-state index is 12.5. The molecule has 0 saturated carbocycles. The Morgan fingerprint density at radius 2 is 1.61 bits per heavy atom. The van der Waals surface area contributed by atoms with Crippen LogP contribution in [0.2, 0.25) is 0 Å². The van der Waals surface area contributed by atoms with Gasteiger partial charge in [0.2, 0.25) is 0 Å². The lowest BCUT2D eigenvalue weighted by atomic mass is 10.1. The summed E-state index contributed by atoms with van der Waals surface area (Å²) in [5.74, 6) is -2.25. The van der Waals surface area contributed by atoms with Crippen LogP contribution in [-0.4, -0.2) is 46.7 Å². The largest absolute Gasteiger partial charge is 0.423 e. The molecule has 2 aromatic rings. The van der Waals surface area contributed by atoms with Crippen molar-refractivity contribution in [1.29, 1.82) is 0 Å². The lowest BCUT2D eigenvalue weighted by Crippen LogP contribution is -2.34. The Hall–Kier alpha value is -4.28. The van der Waals surface area contributed by atoms with Gasteiger partial charge in [-0.1, -0.05) is 0 Å². The summed E-state index contributed by atoms with van der Waals surface area (Å²) in [7, 11) is 0. The average molecular weight is 427 g/mol. The number of carbonyl (C=O) groups excluding carboxylic acids is 4. The quantitative estimate of drug-likeness (QED) is 0.231. The van der Waals surface area contributed by atoms with E-state index in [-0.39, 0.29) is 41.4 Å². The normalized spacial score (nSPS) is 12.4. The molecular weight excluding hydrogens is 410 g/mol. The van der Waals surface area contributed by atoms with Gasteiger partial charge in [-0.2, -0.15) is 0 Å². The van der Waals surface area contributed by atoms with Crippen LogP contribution >= 0.6 is 0 Å². The first kappa shape index (κ1) is 21.4. The second kappa shape index (κ2) is 8.61. The van der Waals surface area contributed by atoms with E-state index in [4.69, 9.17) is 9.47 Å². The van der Waals surface area contributed by atoms with Gasteiger partial charge in [0.25, 0.3) is 17.5 Å². The van der Waals surface area contributed by atoms with Crippen molar-refractivity contribution in [1.82, 2.24) is 4.90 Å². The topological polar surface area (TPSA) is 145 Å². The van der Waals surface area contributed by atoms with Gasteiger partial charge in [-0.15, -0.1) is 0 Å². The number of fused-ring (bicyclic) bond motifs is 1. The maximum Gasteiger partial charge on any atom is 0.308 e. The van der Waals surface area contributed by atoms with E-state index in [1.165, 1.54) is 38.1 Å². The van der Waals surface area contributed by atoms with Gasteiger partial charge in [0.15, 0.2) is 11.5 Å². The van der Waals surface area contributed by atoms with E-state index in [1.807, 2.05) is 0 Å². The Morgan fingerprint density at radius 1 is 0.968 bits per heavy atom. The first-order valence-electron chi connectivity index (χ1n) is 9.06. The number of nitrogens with one attached hydrogen (secondary N) is 1. The number of benzene rings is 2. The van der Waals surface area contributed by atoms with Crippen molar-refractivity contribution in [3.8, 4) is 11.5 Å². The number of nitro benzene ring substituents is 1. The van der Waals surface area contributed by atoms with Gasteiger partial charge < -0.3 is 14.8 Å². The van der Waals surface area contributed by atoms with Gasteiger partial charge >= 0.3 is 11.9 Å². The third kappa shape index (κ3) is 4.66. The first-order chi connectivity index (χ1) is 14.7. The number of non-ortho nitro benzene ring substituents is 1. The van der Waals surface area contributed by atoms with Crippen LogP contribution in [0.5, 0.6) is 11.5 Å². The Bertz CT molecular complexity index is 1110. The lowest BCUT2D eigenvalue weighted by molar-refractivity contribution is -0.384. The van der Waals surface area contributed by atoms with E-state index >= 15 is 0 Å². The van der Waals surface area contributed by atoms with Gasteiger partial charge in [-0.25, -0.2) is 0 Å². The molecule has 0 aromatic heterocycles. The summed E-state index contributed by atoms with van der Waals surface area (Å²) in [5, 5.41) is 13.9. The zero-order valence-electron chi connectivity index (χ0n) is 16.5. The van der Waals surface area contributed by atoms with E-state index in [9.17, 15) is 29.3 Å². The van der Waals surface area contributed by atoms with Crippen LogP contribution in [0.4, 0.5) is 11.4 Å². The molecule has 0 unspecified atom stereocenters. The number of amides is 2. The number of nitrogens with zero attached hydrogens (tertiary/aromatic N) is 2. The second-order valence-electron chi connectivity index (χ2n) is 6.52. The standard InChI is InChI=1S/C20H17N3O8/c1-11(24)30-17-6-3-13(9-18(17)31-12(2)25)21-7-8-22-19(26)15-5-4-14(23(28)29)10-16(15)20(22)27/h3-6,9-10,21H,7-8H2,1-2H3. The Labute approximate surface area is 175 Å². The van der Waals surface area contributed by atoms with E-state index in [0.29, 0.717) is 5.69 Å².